The molecule has 0 rings (SSSR count). The molecule has 0 spiro atoms. The maximum atomic E-state index is 2.30. The van der Waals surface area contributed by atoms with E-state index in [4.69, 9.17) is 0 Å². The molecule has 0 aromatic heterocycles. The Balaban J connectivity index is 4.72. The lowest BCUT2D eigenvalue weighted by atomic mass is 10.1. The van der Waals surface area contributed by atoms with E-state index in [9.17, 15) is 0 Å². The first kappa shape index (κ1) is 36.6. The van der Waals surface area contributed by atoms with Crippen molar-refractivity contribution in [3.63, 3.8) is 0 Å². The summed E-state index contributed by atoms with van der Waals surface area (Å²) < 4.78 is 0. The van der Waals surface area contributed by atoms with Crippen molar-refractivity contribution in [2.24, 2.45) is 5.92 Å². The number of allylic oxidation sites excluding steroid dienone is 26. The van der Waals surface area contributed by atoms with Gasteiger partial charge in [-0.05, 0) is 80.6 Å². The van der Waals surface area contributed by atoms with E-state index in [0.29, 0.717) is 5.92 Å². The predicted octanol–water partition coefficient (Wildman–Crippen LogP) is 12.8. The second-order valence-corrected chi connectivity index (χ2v) is 11.2. The van der Waals surface area contributed by atoms with Gasteiger partial charge in [-0.15, -0.1) is 0 Å². The zero-order valence-electron chi connectivity index (χ0n) is 27.2. The average Bonchev–Trinajstić information content (AvgIpc) is 2.86. The van der Waals surface area contributed by atoms with E-state index in [1.807, 2.05) is 0 Å². The van der Waals surface area contributed by atoms with Crippen LogP contribution < -0.4 is 0 Å². The molecule has 0 aliphatic rings. The summed E-state index contributed by atoms with van der Waals surface area (Å²) in [6, 6.07) is 0. The van der Waals surface area contributed by atoms with Gasteiger partial charge in [-0.1, -0.05) is 168 Å². The van der Waals surface area contributed by atoms with Gasteiger partial charge in [-0.2, -0.15) is 0 Å². The lowest BCUT2D eigenvalue weighted by molar-refractivity contribution is 0.663. The van der Waals surface area contributed by atoms with Crippen LogP contribution in [0.4, 0.5) is 0 Å². The highest BCUT2D eigenvalue weighted by Crippen LogP contribution is 2.08. The van der Waals surface area contributed by atoms with Gasteiger partial charge >= 0.3 is 0 Å². The van der Waals surface area contributed by atoms with E-state index < -0.39 is 0 Å². The highest BCUT2D eigenvalue weighted by atomic mass is 13.9. The Bertz CT molecular complexity index is 1130. The minimum atomic E-state index is 0.706. The fourth-order valence-electron chi connectivity index (χ4n) is 3.31. The van der Waals surface area contributed by atoms with E-state index in [0.717, 1.165) is 19.3 Å². The van der Waals surface area contributed by atoms with Gasteiger partial charge in [0.15, 0.2) is 0 Å². The summed E-state index contributed by atoms with van der Waals surface area (Å²) in [7, 11) is 0. The van der Waals surface area contributed by atoms with E-state index in [1.165, 1.54) is 39.0 Å². The summed E-state index contributed by atoms with van der Waals surface area (Å²) in [5, 5.41) is 0. The lowest BCUT2D eigenvalue weighted by Crippen LogP contribution is -1.81. The molecule has 40 heavy (non-hydrogen) atoms. The molecule has 0 saturated carbocycles. The van der Waals surface area contributed by atoms with Crippen LogP contribution >= 0.6 is 0 Å². The highest BCUT2D eigenvalue weighted by Gasteiger charge is 1.88. The molecule has 0 atom stereocenters. The maximum absolute atomic E-state index is 2.30. The van der Waals surface area contributed by atoms with E-state index in [-0.39, 0.29) is 0 Å². The van der Waals surface area contributed by atoms with Crippen LogP contribution in [0.1, 0.15) is 88.5 Å². The van der Waals surface area contributed by atoms with Crippen molar-refractivity contribution >= 4 is 0 Å². The molecule has 0 aromatic rings. The number of rotatable bonds is 16. The maximum Gasteiger partial charge on any atom is -0.0285 e. The van der Waals surface area contributed by atoms with Gasteiger partial charge < -0.3 is 0 Å². The molecule has 0 aliphatic heterocycles. The molecule has 0 N–H and O–H groups in total. The molecular formula is C40H56. The first-order valence-corrected chi connectivity index (χ1v) is 14.7. The fraction of sp³-hybridized carbons (Fsp3) is 0.350. The van der Waals surface area contributed by atoms with Gasteiger partial charge in [0.1, 0.15) is 0 Å². The molecule has 0 fully saturated rings. The van der Waals surface area contributed by atoms with Gasteiger partial charge in [0.25, 0.3) is 0 Å². The van der Waals surface area contributed by atoms with Crippen LogP contribution in [0.25, 0.3) is 0 Å². The molecule has 0 heteroatoms. The summed E-state index contributed by atoms with van der Waals surface area (Å²) in [4.78, 5) is 0. The van der Waals surface area contributed by atoms with E-state index in [1.54, 1.807) is 0 Å². The van der Waals surface area contributed by atoms with E-state index >= 15 is 0 Å². The van der Waals surface area contributed by atoms with Crippen molar-refractivity contribution in [3.05, 3.63) is 154 Å². The third kappa shape index (κ3) is 24.9. The summed E-state index contributed by atoms with van der Waals surface area (Å²) >= 11 is 0. The minimum absolute atomic E-state index is 0.706. The largest absolute Gasteiger partial charge is 0.0856 e. The second-order valence-electron chi connectivity index (χ2n) is 11.2. The van der Waals surface area contributed by atoms with Crippen LogP contribution in [0, 0.1) is 5.92 Å². The van der Waals surface area contributed by atoms with Crippen molar-refractivity contribution in [1.82, 2.24) is 0 Å². The van der Waals surface area contributed by atoms with E-state index in [2.05, 4.69) is 185 Å². The fourth-order valence-corrected chi connectivity index (χ4v) is 3.31. The van der Waals surface area contributed by atoms with Crippen molar-refractivity contribution in [2.75, 3.05) is 0 Å². The standard InChI is InChI=1S/C40H56/c1-33(2)19-13-23-37(7)27-17-31-39(9)29-15-25-35(5)21-11-12-22-36(6)26-16-30-40(10)32-18-28-38(8)24-14-20-34(3)4/h11-13,15-18,20-23,25-33H,14,19,24H2,1-10H3. The van der Waals surface area contributed by atoms with Gasteiger partial charge in [0.2, 0.25) is 0 Å². The summed E-state index contributed by atoms with van der Waals surface area (Å²) in [5.41, 5.74) is 8.95. The first-order chi connectivity index (χ1) is 19.0. The molecule has 0 bridgehead atoms. The smallest absolute Gasteiger partial charge is 0.0285 e. The molecule has 0 aliphatic carbocycles. The minimum Gasteiger partial charge on any atom is -0.0856 e. The second kappa shape index (κ2) is 23.5. The summed E-state index contributed by atoms with van der Waals surface area (Å²) in [6.45, 7) is 21.6. The number of hydrogen-bond acceptors (Lipinski definition) is 0. The molecular weight excluding hydrogens is 480 g/mol. The zero-order chi connectivity index (χ0) is 30.2. The lowest BCUT2D eigenvalue weighted by Gasteiger charge is -1.96. The predicted molar refractivity (Wildman–Crippen MR) is 186 cm³/mol. The Hall–Kier alpha value is -3.38. The molecule has 0 nitrogen and oxygen atoms in total. The van der Waals surface area contributed by atoms with Crippen LogP contribution in [-0.4, -0.2) is 0 Å². The summed E-state index contributed by atoms with van der Waals surface area (Å²) in [6.07, 6.45) is 44.2. The Kier molecular flexibility index (Phi) is 21.5. The van der Waals surface area contributed by atoms with Crippen molar-refractivity contribution in [1.29, 1.82) is 0 Å². The Morgan fingerprint density at radius 1 is 0.475 bits per heavy atom. The first-order valence-electron chi connectivity index (χ1n) is 14.7. The van der Waals surface area contributed by atoms with Crippen molar-refractivity contribution < 1.29 is 0 Å². The van der Waals surface area contributed by atoms with Gasteiger partial charge in [-0.3, -0.25) is 0 Å². The van der Waals surface area contributed by atoms with Crippen LogP contribution in [0.5, 0.6) is 0 Å². The monoisotopic (exact) mass is 536 g/mol. The highest BCUT2D eigenvalue weighted by molar-refractivity contribution is 5.33. The molecule has 0 unspecified atom stereocenters. The van der Waals surface area contributed by atoms with Gasteiger partial charge in [0.05, 0.1) is 0 Å². The topological polar surface area (TPSA) is 0 Å². The molecule has 0 heterocycles. The normalized spacial score (nSPS) is 15.6. The Morgan fingerprint density at radius 3 is 1.25 bits per heavy atom. The average molecular weight is 537 g/mol. The third-order valence-corrected chi connectivity index (χ3v) is 5.80. The zero-order valence-corrected chi connectivity index (χ0v) is 27.2. The van der Waals surface area contributed by atoms with Crippen molar-refractivity contribution in [3.8, 4) is 0 Å². The molecule has 216 valence electrons. The van der Waals surface area contributed by atoms with Gasteiger partial charge in [-0.25, -0.2) is 0 Å². The van der Waals surface area contributed by atoms with Crippen LogP contribution in [0.3, 0.4) is 0 Å². The number of hydrogen-bond donors (Lipinski definition) is 0. The van der Waals surface area contributed by atoms with Crippen molar-refractivity contribution in [2.45, 2.75) is 88.5 Å². The molecule has 0 aromatic carbocycles. The van der Waals surface area contributed by atoms with Crippen LogP contribution in [0.15, 0.2) is 154 Å². The molecule has 0 amide bonds. The summed E-state index contributed by atoms with van der Waals surface area (Å²) in [5.74, 6) is 0.706. The quantitative estimate of drug-likeness (QED) is 0.136. The Labute approximate surface area is 248 Å². The Morgan fingerprint density at radius 2 is 0.850 bits per heavy atom. The molecule has 0 saturated heterocycles. The van der Waals surface area contributed by atoms with Gasteiger partial charge in [0, 0.05) is 0 Å². The molecule has 0 radical (unpaired) electrons. The SMILES string of the molecule is CC(C)=CCCC(C)=CC=CC(C)=CC=CC(C)=CC=CC=C(C)C=CC=C(C)C=CC=C(C)C=CCC(C)C. The van der Waals surface area contributed by atoms with Crippen LogP contribution in [0.2, 0.25) is 0 Å². The van der Waals surface area contributed by atoms with Crippen LogP contribution in [-0.2, 0) is 0 Å². The third-order valence-electron chi connectivity index (χ3n) is 5.80.